The van der Waals surface area contributed by atoms with Gasteiger partial charge < -0.3 is 6.15 Å². The molecule has 19 heavy (non-hydrogen) atoms. The predicted molar refractivity (Wildman–Crippen MR) is 90.6 cm³/mol. The topological polar surface area (TPSA) is 35.0 Å². The van der Waals surface area contributed by atoms with Crippen LogP contribution in [0.1, 0.15) is 104 Å². The Labute approximate surface area is 127 Å². The molecule has 0 saturated carbocycles. The van der Waals surface area contributed by atoms with Crippen LogP contribution >= 0.6 is 11.6 Å². The Bertz CT molecular complexity index is 161. The molecule has 3 N–H and O–H groups in total. The van der Waals surface area contributed by atoms with Crippen LogP contribution in [-0.4, -0.2) is 4.87 Å². The van der Waals surface area contributed by atoms with Crippen LogP contribution in [0.5, 0.6) is 0 Å². The lowest BCUT2D eigenvalue weighted by Gasteiger charge is -2.27. The molecule has 0 aliphatic rings. The Morgan fingerprint density at radius 2 is 0.895 bits per heavy atom. The van der Waals surface area contributed by atoms with E-state index < -0.39 is 0 Å². The fraction of sp³-hybridized carbons (Fsp3) is 1.00. The Morgan fingerprint density at radius 3 is 1.26 bits per heavy atom. The molecular formula is C17H38ClN. The van der Waals surface area contributed by atoms with Gasteiger partial charge in [-0.2, -0.15) is 0 Å². The van der Waals surface area contributed by atoms with Gasteiger partial charge in [0.15, 0.2) is 0 Å². The molecule has 0 aliphatic heterocycles. The normalized spacial score (nSPS) is 11.4. The fourth-order valence-electron chi connectivity index (χ4n) is 2.63. The minimum atomic E-state index is 0. The molecule has 2 heteroatoms. The van der Waals surface area contributed by atoms with Crippen LogP contribution in [-0.2, 0) is 0 Å². The van der Waals surface area contributed by atoms with E-state index in [0.717, 1.165) is 0 Å². The van der Waals surface area contributed by atoms with Crippen LogP contribution < -0.4 is 6.15 Å². The van der Waals surface area contributed by atoms with Crippen LogP contribution in [0.25, 0.3) is 0 Å². The van der Waals surface area contributed by atoms with Gasteiger partial charge in [-0.1, -0.05) is 85.0 Å². The zero-order valence-electron chi connectivity index (χ0n) is 13.8. The molecule has 0 aliphatic carbocycles. The largest absolute Gasteiger partial charge is 0.344 e. The predicted octanol–water partition coefficient (Wildman–Crippen LogP) is 7.26. The first-order valence-electron chi connectivity index (χ1n) is 8.37. The lowest BCUT2D eigenvalue weighted by atomic mass is 9.89. The Kier molecular flexibility index (Phi) is 16.6. The summed E-state index contributed by atoms with van der Waals surface area (Å²) in [4.78, 5) is 0.123. The summed E-state index contributed by atoms with van der Waals surface area (Å²) in [5.74, 6) is 0. The molecule has 0 heterocycles. The van der Waals surface area contributed by atoms with Crippen molar-refractivity contribution in [2.75, 3.05) is 0 Å². The first-order chi connectivity index (χ1) is 8.68. The van der Waals surface area contributed by atoms with Crippen LogP contribution in [0.4, 0.5) is 0 Å². The third-order valence-electron chi connectivity index (χ3n) is 3.94. The molecule has 0 saturated heterocycles. The van der Waals surface area contributed by atoms with Crippen LogP contribution in [0, 0.1) is 0 Å². The molecule has 0 unspecified atom stereocenters. The monoisotopic (exact) mass is 291 g/mol. The molecule has 0 aromatic rings. The summed E-state index contributed by atoms with van der Waals surface area (Å²) in [6.45, 7) is 6.82. The van der Waals surface area contributed by atoms with Gasteiger partial charge >= 0.3 is 0 Å². The van der Waals surface area contributed by atoms with Crippen molar-refractivity contribution >= 4 is 11.6 Å². The highest BCUT2D eigenvalue weighted by Gasteiger charge is 2.25. The number of rotatable bonds is 13. The highest BCUT2D eigenvalue weighted by molar-refractivity contribution is 6.23. The summed E-state index contributed by atoms with van der Waals surface area (Å²) >= 11 is 6.89. The molecule has 0 spiro atoms. The highest BCUT2D eigenvalue weighted by atomic mass is 35.5. The maximum atomic E-state index is 6.89. The summed E-state index contributed by atoms with van der Waals surface area (Å²) < 4.78 is 0. The second kappa shape index (κ2) is 14.7. The van der Waals surface area contributed by atoms with Gasteiger partial charge in [-0.25, -0.2) is 0 Å². The van der Waals surface area contributed by atoms with E-state index >= 15 is 0 Å². The van der Waals surface area contributed by atoms with Gasteiger partial charge in [-0.3, -0.25) is 0 Å². The maximum absolute atomic E-state index is 6.89. The van der Waals surface area contributed by atoms with E-state index in [4.69, 9.17) is 11.6 Å². The summed E-state index contributed by atoms with van der Waals surface area (Å²) in [7, 11) is 0. The molecule has 0 bridgehead atoms. The molecule has 0 rings (SSSR count). The van der Waals surface area contributed by atoms with Gasteiger partial charge in [-0.15, -0.1) is 11.6 Å². The Hall–Kier alpha value is 0.250. The smallest absolute Gasteiger partial charge is 0.0446 e. The van der Waals surface area contributed by atoms with E-state index in [9.17, 15) is 0 Å². The van der Waals surface area contributed by atoms with E-state index in [2.05, 4.69) is 20.8 Å². The van der Waals surface area contributed by atoms with Crippen molar-refractivity contribution in [1.29, 1.82) is 0 Å². The van der Waals surface area contributed by atoms with Crippen LogP contribution in [0.15, 0.2) is 0 Å². The summed E-state index contributed by atoms with van der Waals surface area (Å²) in [5.41, 5.74) is 0. The summed E-state index contributed by atoms with van der Waals surface area (Å²) in [6.07, 6.45) is 17.0. The molecule has 0 amide bonds. The van der Waals surface area contributed by atoms with Crippen molar-refractivity contribution in [2.24, 2.45) is 0 Å². The molecular weight excluding hydrogens is 254 g/mol. The average Bonchev–Trinajstić information content (AvgIpc) is 2.36. The van der Waals surface area contributed by atoms with Crippen molar-refractivity contribution in [3.05, 3.63) is 0 Å². The SMILES string of the molecule is CCCCCCC(Cl)(CCCCC)CCCCC.N. The van der Waals surface area contributed by atoms with Crippen molar-refractivity contribution in [3.63, 3.8) is 0 Å². The van der Waals surface area contributed by atoms with Crippen LogP contribution in [0.3, 0.4) is 0 Å². The van der Waals surface area contributed by atoms with Gasteiger partial charge in [-0.05, 0) is 19.3 Å². The average molecular weight is 292 g/mol. The van der Waals surface area contributed by atoms with E-state index in [1.165, 1.54) is 83.5 Å². The number of unbranched alkanes of at least 4 members (excludes halogenated alkanes) is 7. The molecule has 118 valence electrons. The van der Waals surface area contributed by atoms with Gasteiger partial charge in [0.2, 0.25) is 0 Å². The van der Waals surface area contributed by atoms with E-state index in [1.807, 2.05) is 0 Å². The Balaban J connectivity index is 0. The van der Waals surface area contributed by atoms with Crippen molar-refractivity contribution in [3.8, 4) is 0 Å². The van der Waals surface area contributed by atoms with Gasteiger partial charge in [0.05, 0.1) is 0 Å². The minimum Gasteiger partial charge on any atom is -0.344 e. The van der Waals surface area contributed by atoms with Gasteiger partial charge in [0, 0.05) is 4.87 Å². The number of halogens is 1. The molecule has 0 aromatic carbocycles. The second-order valence-corrected chi connectivity index (χ2v) is 6.68. The quantitative estimate of drug-likeness (QED) is 0.281. The third-order valence-corrected chi connectivity index (χ3v) is 4.50. The third kappa shape index (κ3) is 13.0. The van der Waals surface area contributed by atoms with E-state index in [-0.39, 0.29) is 11.0 Å². The van der Waals surface area contributed by atoms with Gasteiger partial charge in [0.25, 0.3) is 0 Å². The zero-order valence-corrected chi connectivity index (χ0v) is 14.5. The first kappa shape index (κ1) is 21.5. The summed E-state index contributed by atoms with van der Waals surface area (Å²) in [6, 6.07) is 0. The maximum Gasteiger partial charge on any atom is 0.0446 e. The lowest BCUT2D eigenvalue weighted by molar-refractivity contribution is 0.402. The molecule has 1 nitrogen and oxygen atoms in total. The van der Waals surface area contributed by atoms with Crippen molar-refractivity contribution in [2.45, 2.75) is 109 Å². The van der Waals surface area contributed by atoms with E-state index in [1.54, 1.807) is 0 Å². The van der Waals surface area contributed by atoms with Crippen molar-refractivity contribution in [1.82, 2.24) is 6.15 Å². The number of hydrogen-bond acceptors (Lipinski definition) is 1. The molecule has 0 atom stereocenters. The minimum absolute atomic E-state index is 0. The standard InChI is InChI=1S/C17H35Cl.H3N/c1-4-7-10-13-16-17(18,14-11-8-5-2)15-12-9-6-3;/h4-16H2,1-3H3;1H3. The molecule has 0 aromatic heterocycles. The van der Waals surface area contributed by atoms with Gasteiger partial charge in [0.1, 0.15) is 0 Å². The molecule has 0 radical (unpaired) electrons. The summed E-state index contributed by atoms with van der Waals surface area (Å²) in [5, 5.41) is 0. The highest BCUT2D eigenvalue weighted by Crippen LogP contribution is 2.34. The zero-order chi connectivity index (χ0) is 13.7. The van der Waals surface area contributed by atoms with E-state index in [0.29, 0.717) is 0 Å². The van der Waals surface area contributed by atoms with Crippen molar-refractivity contribution < 1.29 is 0 Å². The Morgan fingerprint density at radius 1 is 0.579 bits per heavy atom. The fourth-order valence-corrected chi connectivity index (χ4v) is 3.03. The number of alkyl halides is 1. The van der Waals surface area contributed by atoms with Crippen LogP contribution in [0.2, 0.25) is 0 Å². The molecule has 0 fully saturated rings. The second-order valence-electron chi connectivity index (χ2n) is 5.88. The first-order valence-corrected chi connectivity index (χ1v) is 8.75. The lowest BCUT2D eigenvalue weighted by Crippen LogP contribution is -2.21. The number of hydrogen-bond donors (Lipinski definition) is 1.